The van der Waals surface area contributed by atoms with Crippen molar-refractivity contribution < 1.29 is 14.6 Å². The lowest BCUT2D eigenvalue weighted by Crippen LogP contribution is -2.41. The molecule has 7 nitrogen and oxygen atoms in total. The molecule has 2 saturated carbocycles. The van der Waals surface area contributed by atoms with Gasteiger partial charge in [0.15, 0.2) is 0 Å². The highest BCUT2D eigenvalue weighted by atomic mass is 16.6. The minimum Gasteiger partial charge on any atom is -0.373 e. The van der Waals surface area contributed by atoms with Crippen molar-refractivity contribution in [2.45, 2.75) is 94.2 Å². The van der Waals surface area contributed by atoms with Crippen LogP contribution in [0.15, 0.2) is 12.7 Å². The predicted octanol–water partition coefficient (Wildman–Crippen LogP) is 4.30. The van der Waals surface area contributed by atoms with E-state index < -0.39 is 11.1 Å². The van der Waals surface area contributed by atoms with E-state index in [1.165, 1.54) is 0 Å². The Labute approximate surface area is 149 Å². The molecule has 1 heterocycles. The Morgan fingerprint density at radius 1 is 0.920 bits per heavy atom. The second kappa shape index (κ2) is 8.74. The highest BCUT2D eigenvalue weighted by molar-refractivity contribution is 4.90. The topological polar surface area (TPSA) is 98.8 Å². The van der Waals surface area contributed by atoms with Crippen molar-refractivity contribution in [1.29, 1.82) is 0 Å². The lowest BCUT2D eigenvalue weighted by Gasteiger charge is -2.28. The average Bonchev–Trinajstić information content (AvgIpc) is 3.41. The fourth-order valence-electron chi connectivity index (χ4n) is 4.22. The molecule has 1 aliphatic heterocycles. The molecule has 3 fully saturated rings. The molecule has 1 unspecified atom stereocenters. The van der Waals surface area contributed by atoms with Gasteiger partial charge in [-0.2, -0.15) is 0 Å². The number of nitro groups is 2. The van der Waals surface area contributed by atoms with Crippen LogP contribution in [0.4, 0.5) is 0 Å². The van der Waals surface area contributed by atoms with E-state index in [1.807, 2.05) is 0 Å². The van der Waals surface area contributed by atoms with Gasteiger partial charge in [0.25, 0.3) is 0 Å². The molecule has 0 bridgehead atoms. The van der Waals surface area contributed by atoms with Gasteiger partial charge in [0.2, 0.25) is 11.1 Å². The smallest absolute Gasteiger partial charge is 0.225 e. The zero-order valence-corrected chi connectivity index (χ0v) is 15.0. The van der Waals surface area contributed by atoms with E-state index >= 15 is 0 Å². The summed E-state index contributed by atoms with van der Waals surface area (Å²) < 4.78 is 5.08. The van der Waals surface area contributed by atoms with Crippen molar-refractivity contribution in [2.24, 2.45) is 0 Å². The zero-order valence-electron chi connectivity index (χ0n) is 15.0. The van der Waals surface area contributed by atoms with E-state index in [9.17, 15) is 20.2 Å². The lowest BCUT2D eigenvalue weighted by atomic mass is 9.79. The van der Waals surface area contributed by atoms with E-state index in [-0.39, 0.29) is 16.0 Å². The zero-order chi connectivity index (χ0) is 18.3. The summed E-state index contributed by atoms with van der Waals surface area (Å²) >= 11 is 0. The molecule has 0 aromatic heterocycles. The van der Waals surface area contributed by atoms with E-state index in [4.69, 9.17) is 4.74 Å². The predicted molar refractivity (Wildman–Crippen MR) is 94.8 cm³/mol. The van der Waals surface area contributed by atoms with Crippen molar-refractivity contribution >= 4 is 0 Å². The first kappa shape index (κ1) is 19.8. The Kier molecular flexibility index (Phi) is 6.93. The first-order valence-electron chi connectivity index (χ1n) is 9.46. The van der Waals surface area contributed by atoms with Gasteiger partial charge in [-0.25, -0.2) is 0 Å². The van der Waals surface area contributed by atoms with E-state index in [1.54, 1.807) is 6.08 Å². The third kappa shape index (κ3) is 5.23. The summed E-state index contributed by atoms with van der Waals surface area (Å²) in [5, 5.41) is 21.8. The maximum absolute atomic E-state index is 11.0. The van der Waals surface area contributed by atoms with Gasteiger partial charge in [-0.05, 0) is 25.7 Å². The maximum Gasteiger partial charge on any atom is 0.225 e. The number of hydrogen-bond acceptors (Lipinski definition) is 5. The minimum atomic E-state index is -0.667. The first-order valence-corrected chi connectivity index (χ1v) is 9.46. The van der Waals surface area contributed by atoms with Crippen LogP contribution in [0.5, 0.6) is 0 Å². The first-order chi connectivity index (χ1) is 11.9. The fraction of sp³-hybridized carbons (Fsp3) is 0.889. The maximum atomic E-state index is 11.0. The van der Waals surface area contributed by atoms with Gasteiger partial charge in [0, 0.05) is 48.4 Å². The van der Waals surface area contributed by atoms with Crippen LogP contribution in [0.3, 0.4) is 0 Å². The molecule has 3 aliphatic rings. The van der Waals surface area contributed by atoms with Gasteiger partial charge in [-0.1, -0.05) is 18.9 Å². The molecule has 1 saturated heterocycles. The second-order valence-corrected chi connectivity index (χ2v) is 7.74. The van der Waals surface area contributed by atoms with Crippen LogP contribution in [0.1, 0.15) is 77.0 Å². The third-order valence-electron chi connectivity index (χ3n) is 5.88. The highest BCUT2D eigenvalue weighted by Crippen LogP contribution is 2.37. The Hall–Kier alpha value is -1.50. The van der Waals surface area contributed by atoms with Crippen LogP contribution in [0, 0.1) is 20.2 Å². The summed E-state index contributed by atoms with van der Waals surface area (Å²) in [6.07, 6.45) is 12.3. The number of nitrogens with zero attached hydrogens (tertiary/aromatic N) is 2. The number of rotatable bonds is 6. The summed E-state index contributed by atoms with van der Waals surface area (Å²) in [5.74, 6) is 0. The lowest BCUT2D eigenvalue weighted by molar-refractivity contribution is -0.576. The van der Waals surface area contributed by atoms with Crippen LogP contribution in [-0.4, -0.2) is 33.6 Å². The fourth-order valence-corrected chi connectivity index (χ4v) is 4.22. The summed E-state index contributed by atoms with van der Waals surface area (Å²) in [6.45, 7) is 4.31. The highest BCUT2D eigenvalue weighted by Gasteiger charge is 2.48. The third-order valence-corrected chi connectivity index (χ3v) is 5.88. The van der Waals surface area contributed by atoms with Crippen molar-refractivity contribution in [1.82, 2.24) is 0 Å². The molecule has 3 rings (SSSR count). The van der Waals surface area contributed by atoms with Crippen molar-refractivity contribution in [3.8, 4) is 0 Å². The Morgan fingerprint density at radius 2 is 1.36 bits per heavy atom. The van der Waals surface area contributed by atoms with E-state index in [2.05, 4.69) is 6.58 Å². The van der Waals surface area contributed by atoms with Gasteiger partial charge in [0.05, 0.1) is 12.7 Å². The molecule has 0 spiro atoms. The Morgan fingerprint density at radius 3 is 1.72 bits per heavy atom. The molecule has 0 radical (unpaired) electrons. The normalized spacial score (nSPS) is 26.6. The summed E-state index contributed by atoms with van der Waals surface area (Å²) in [6, 6.07) is 0. The van der Waals surface area contributed by atoms with Gasteiger partial charge < -0.3 is 4.74 Å². The molecule has 0 N–H and O–H groups in total. The van der Waals surface area contributed by atoms with E-state index in [0.717, 1.165) is 70.8 Å². The minimum absolute atomic E-state index is 0.0617. The molecule has 0 amide bonds. The van der Waals surface area contributed by atoms with Crippen molar-refractivity contribution in [3.63, 3.8) is 0 Å². The molecule has 142 valence electrons. The number of ether oxygens (including phenoxy) is 1. The Balaban J connectivity index is 0.000000181. The Bertz CT molecular complexity index is 478. The molecular formula is C18H30N2O5. The largest absolute Gasteiger partial charge is 0.373 e. The standard InChI is InChI=1S/C9H15NO3.C9H15NO2/c11-10(12)9(6-8-7-13-8)4-2-1-3-5-9;1-2-6-9(10(11)12)7-4-3-5-8-9/h8H,1-7H2;2H,1,3-8H2. The summed E-state index contributed by atoms with van der Waals surface area (Å²) in [7, 11) is 0. The monoisotopic (exact) mass is 354 g/mol. The van der Waals surface area contributed by atoms with Crippen LogP contribution < -0.4 is 0 Å². The van der Waals surface area contributed by atoms with E-state index in [0.29, 0.717) is 12.8 Å². The van der Waals surface area contributed by atoms with Crippen molar-refractivity contribution in [3.05, 3.63) is 32.9 Å². The molecule has 1 atom stereocenters. The molecular weight excluding hydrogens is 324 g/mol. The SMILES string of the molecule is C=CCC1([N+](=O)[O-])CCCCC1.O=[N+]([O-])C1(CC2CO2)CCCCC1. The van der Waals surface area contributed by atoms with Crippen molar-refractivity contribution in [2.75, 3.05) is 6.61 Å². The summed E-state index contributed by atoms with van der Waals surface area (Å²) in [5.41, 5.74) is -1.31. The van der Waals surface area contributed by atoms with Gasteiger partial charge in [0.1, 0.15) is 0 Å². The quantitative estimate of drug-likeness (QED) is 0.306. The number of hydrogen-bond donors (Lipinski definition) is 0. The molecule has 25 heavy (non-hydrogen) atoms. The molecule has 7 heteroatoms. The molecule has 0 aromatic carbocycles. The van der Waals surface area contributed by atoms with Gasteiger partial charge in [-0.15, -0.1) is 6.58 Å². The van der Waals surface area contributed by atoms with Crippen LogP contribution >= 0.6 is 0 Å². The van der Waals surface area contributed by atoms with Gasteiger partial charge >= 0.3 is 0 Å². The van der Waals surface area contributed by atoms with Crippen LogP contribution in [-0.2, 0) is 4.74 Å². The summed E-state index contributed by atoms with van der Waals surface area (Å²) in [4.78, 5) is 21.6. The average molecular weight is 354 g/mol. The second-order valence-electron chi connectivity index (χ2n) is 7.74. The van der Waals surface area contributed by atoms with Crippen LogP contribution in [0.2, 0.25) is 0 Å². The molecule has 0 aromatic rings. The van der Waals surface area contributed by atoms with Gasteiger partial charge in [-0.3, -0.25) is 20.2 Å². The van der Waals surface area contributed by atoms with Crippen LogP contribution in [0.25, 0.3) is 0 Å². The number of epoxide rings is 1. The molecule has 2 aliphatic carbocycles.